The molecule has 0 aliphatic rings. The molecule has 0 amide bonds. The molecule has 0 aromatic heterocycles. The van der Waals surface area contributed by atoms with Crippen LogP contribution >= 0.6 is 0 Å². The van der Waals surface area contributed by atoms with Crippen molar-refractivity contribution in [1.82, 2.24) is 0 Å². The molecule has 0 spiro atoms. The second-order valence-electron chi connectivity index (χ2n) is 5.47. The fraction of sp³-hybridized carbons (Fsp3) is 0.474. The van der Waals surface area contributed by atoms with E-state index in [2.05, 4.69) is 51.1 Å². The zero-order valence-electron chi connectivity index (χ0n) is 12.6. The molecule has 102 valence electrons. The maximum Gasteiger partial charge on any atom is -0.0117 e. The van der Waals surface area contributed by atoms with Crippen LogP contribution in [-0.2, 0) is 19.3 Å². The summed E-state index contributed by atoms with van der Waals surface area (Å²) < 4.78 is 0. The summed E-state index contributed by atoms with van der Waals surface area (Å²) in [5.41, 5.74) is 4.61. The van der Waals surface area contributed by atoms with Gasteiger partial charge < -0.3 is 0 Å². The lowest BCUT2D eigenvalue weighted by Gasteiger charge is -2.14. The lowest BCUT2D eigenvalue weighted by Crippen LogP contribution is -1.96. The Labute approximate surface area is 117 Å². The van der Waals surface area contributed by atoms with E-state index in [1.807, 2.05) is 0 Å². The number of rotatable bonds is 6. The van der Waals surface area contributed by atoms with Gasteiger partial charge in [0.15, 0.2) is 0 Å². The Balaban J connectivity index is 2.65. The van der Waals surface area contributed by atoms with E-state index < -0.39 is 0 Å². The monoisotopic (exact) mass is 254 g/mol. The van der Waals surface area contributed by atoms with Gasteiger partial charge in [-0.25, -0.2) is 0 Å². The summed E-state index contributed by atoms with van der Waals surface area (Å²) in [6.45, 7) is 6.81. The minimum absolute atomic E-state index is 1.19. The third kappa shape index (κ3) is 3.00. The lowest BCUT2D eigenvalue weighted by atomic mass is 9.90. The van der Waals surface area contributed by atoms with Gasteiger partial charge in [0.25, 0.3) is 0 Å². The largest absolute Gasteiger partial charge is 0.0651 e. The van der Waals surface area contributed by atoms with Gasteiger partial charge in [0.2, 0.25) is 0 Å². The SMILES string of the molecule is CCCc1ccc(CCC)c2c(CCC)cccc12. The lowest BCUT2D eigenvalue weighted by molar-refractivity contribution is 0.904. The summed E-state index contributed by atoms with van der Waals surface area (Å²) in [7, 11) is 0. The molecule has 2 rings (SSSR count). The smallest absolute Gasteiger partial charge is 0.0117 e. The van der Waals surface area contributed by atoms with Crippen molar-refractivity contribution in [3.05, 3.63) is 47.0 Å². The van der Waals surface area contributed by atoms with Gasteiger partial charge in [0.05, 0.1) is 0 Å². The van der Waals surface area contributed by atoms with Crippen LogP contribution in [0.5, 0.6) is 0 Å². The maximum absolute atomic E-state index is 2.37. The van der Waals surface area contributed by atoms with Crippen LogP contribution in [0.25, 0.3) is 10.8 Å². The average Bonchev–Trinajstić information content (AvgIpc) is 2.42. The highest BCUT2D eigenvalue weighted by Crippen LogP contribution is 2.29. The van der Waals surface area contributed by atoms with Crippen LogP contribution in [0.2, 0.25) is 0 Å². The fourth-order valence-electron chi connectivity index (χ4n) is 3.06. The molecular formula is C19H26. The van der Waals surface area contributed by atoms with E-state index >= 15 is 0 Å². The van der Waals surface area contributed by atoms with Crippen molar-refractivity contribution in [2.45, 2.75) is 59.3 Å². The number of fused-ring (bicyclic) bond motifs is 1. The van der Waals surface area contributed by atoms with Crippen LogP contribution < -0.4 is 0 Å². The Bertz CT molecular complexity index is 525. The summed E-state index contributed by atoms with van der Waals surface area (Å²) in [5, 5.41) is 3.05. The van der Waals surface area contributed by atoms with Crippen molar-refractivity contribution in [3.63, 3.8) is 0 Å². The Hall–Kier alpha value is -1.30. The first-order valence-corrected chi connectivity index (χ1v) is 7.84. The second-order valence-corrected chi connectivity index (χ2v) is 5.47. The predicted molar refractivity (Wildman–Crippen MR) is 85.9 cm³/mol. The van der Waals surface area contributed by atoms with Crippen molar-refractivity contribution < 1.29 is 0 Å². The maximum atomic E-state index is 2.37. The highest BCUT2D eigenvalue weighted by Gasteiger charge is 2.09. The fourth-order valence-corrected chi connectivity index (χ4v) is 3.06. The Morgan fingerprint density at radius 3 is 1.79 bits per heavy atom. The van der Waals surface area contributed by atoms with Gasteiger partial charge in [-0.15, -0.1) is 0 Å². The predicted octanol–water partition coefficient (Wildman–Crippen LogP) is 5.70. The highest BCUT2D eigenvalue weighted by atomic mass is 14.1. The molecule has 0 fully saturated rings. The molecule has 0 N–H and O–H groups in total. The van der Waals surface area contributed by atoms with E-state index in [9.17, 15) is 0 Å². The summed E-state index contributed by atoms with van der Waals surface area (Å²) >= 11 is 0. The molecule has 0 nitrogen and oxygen atoms in total. The molecule has 0 aliphatic heterocycles. The molecule has 0 heterocycles. The molecule has 0 heteroatoms. The van der Waals surface area contributed by atoms with E-state index in [-0.39, 0.29) is 0 Å². The minimum Gasteiger partial charge on any atom is -0.0651 e. The van der Waals surface area contributed by atoms with Crippen LogP contribution in [0.4, 0.5) is 0 Å². The van der Waals surface area contributed by atoms with Gasteiger partial charge in [0, 0.05) is 0 Å². The van der Waals surface area contributed by atoms with Crippen LogP contribution in [0.3, 0.4) is 0 Å². The molecule has 0 bridgehead atoms. The summed E-state index contributed by atoms with van der Waals surface area (Å²) in [6.07, 6.45) is 7.26. The quantitative estimate of drug-likeness (QED) is 0.620. The number of benzene rings is 2. The first kappa shape index (κ1) is 14.1. The van der Waals surface area contributed by atoms with Crippen LogP contribution in [0, 0.1) is 0 Å². The Morgan fingerprint density at radius 1 is 0.632 bits per heavy atom. The third-order valence-electron chi connectivity index (χ3n) is 3.86. The number of hydrogen-bond donors (Lipinski definition) is 0. The molecular weight excluding hydrogens is 228 g/mol. The molecule has 0 saturated heterocycles. The standard InChI is InChI=1S/C19H26/c1-4-8-15-13-14-17(10-6-3)19-16(9-5-2)11-7-12-18(15)19/h7,11-14H,4-6,8-10H2,1-3H3. The van der Waals surface area contributed by atoms with E-state index in [0.717, 1.165) is 0 Å². The van der Waals surface area contributed by atoms with Crippen molar-refractivity contribution in [2.75, 3.05) is 0 Å². The summed E-state index contributed by atoms with van der Waals surface area (Å²) in [5.74, 6) is 0. The van der Waals surface area contributed by atoms with E-state index in [4.69, 9.17) is 0 Å². The van der Waals surface area contributed by atoms with Crippen molar-refractivity contribution in [1.29, 1.82) is 0 Å². The van der Waals surface area contributed by atoms with E-state index in [1.165, 1.54) is 49.5 Å². The first-order chi connectivity index (χ1) is 9.31. The molecule has 2 aromatic carbocycles. The average molecular weight is 254 g/mol. The molecule has 0 aliphatic carbocycles. The molecule has 2 aromatic rings. The van der Waals surface area contributed by atoms with Crippen LogP contribution in [0.1, 0.15) is 56.7 Å². The van der Waals surface area contributed by atoms with E-state index in [0.29, 0.717) is 0 Å². The van der Waals surface area contributed by atoms with Gasteiger partial charge in [-0.2, -0.15) is 0 Å². The van der Waals surface area contributed by atoms with Gasteiger partial charge in [0.1, 0.15) is 0 Å². The van der Waals surface area contributed by atoms with Crippen molar-refractivity contribution >= 4 is 10.8 Å². The van der Waals surface area contributed by atoms with Crippen LogP contribution in [-0.4, -0.2) is 0 Å². The number of hydrogen-bond acceptors (Lipinski definition) is 0. The first-order valence-electron chi connectivity index (χ1n) is 7.84. The molecule has 0 unspecified atom stereocenters. The third-order valence-corrected chi connectivity index (χ3v) is 3.86. The van der Waals surface area contributed by atoms with Crippen molar-refractivity contribution in [3.8, 4) is 0 Å². The highest BCUT2D eigenvalue weighted by molar-refractivity contribution is 5.91. The summed E-state index contributed by atoms with van der Waals surface area (Å²) in [6, 6.07) is 11.6. The topological polar surface area (TPSA) is 0 Å². The normalized spacial score (nSPS) is 11.1. The summed E-state index contributed by atoms with van der Waals surface area (Å²) in [4.78, 5) is 0. The Kier molecular flexibility index (Phi) is 5.01. The molecule has 0 saturated carbocycles. The minimum atomic E-state index is 1.19. The number of aryl methyl sites for hydroxylation is 3. The second kappa shape index (κ2) is 6.75. The zero-order valence-corrected chi connectivity index (χ0v) is 12.6. The van der Waals surface area contributed by atoms with Gasteiger partial charge >= 0.3 is 0 Å². The van der Waals surface area contributed by atoms with Crippen LogP contribution in [0.15, 0.2) is 30.3 Å². The van der Waals surface area contributed by atoms with E-state index in [1.54, 1.807) is 16.5 Å². The van der Waals surface area contributed by atoms with Gasteiger partial charge in [-0.05, 0) is 46.7 Å². The van der Waals surface area contributed by atoms with Crippen molar-refractivity contribution in [2.24, 2.45) is 0 Å². The molecule has 0 radical (unpaired) electrons. The van der Waals surface area contributed by atoms with Gasteiger partial charge in [-0.1, -0.05) is 70.4 Å². The van der Waals surface area contributed by atoms with Gasteiger partial charge in [-0.3, -0.25) is 0 Å². The zero-order chi connectivity index (χ0) is 13.7. The Morgan fingerprint density at radius 2 is 1.16 bits per heavy atom. The molecule has 0 atom stereocenters. The molecule has 19 heavy (non-hydrogen) atoms.